The number of carbonyl (C=O) groups excluding carboxylic acids is 1. The van der Waals surface area contributed by atoms with Gasteiger partial charge >= 0.3 is 6.18 Å². The maximum Gasteiger partial charge on any atom is 0.416 e. The van der Waals surface area contributed by atoms with Gasteiger partial charge in [-0.2, -0.15) is 13.2 Å². The van der Waals surface area contributed by atoms with Crippen LogP contribution in [-0.2, 0) is 24.6 Å². The molecule has 0 N–H and O–H groups in total. The van der Waals surface area contributed by atoms with E-state index in [1.165, 1.54) is 19.0 Å². The summed E-state index contributed by atoms with van der Waals surface area (Å²) in [5.74, 6) is 1.07. The number of aromatic nitrogens is 2. The lowest BCUT2D eigenvalue weighted by Crippen LogP contribution is -2.54. The summed E-state index contributed by atoms with van der Waals surface area (Å²) in [6.07, 6.45) is 0.824. The molecule has 1 aromatic carbocycles. The Morgan fingerprint density at radius 1 is 1.02 bits per heavy atom. The molecule has 6 rings (SSSR count). The Kier molecular flexibility index (Phi) is 6.84. The number of likely N-dealkylation sites (tertiary alicyclic amines) is 1. The van der Waals surface area contributed by atoms with Gasteiger partial charge in [0.25, 0.3) is 5.56 Å². The molecule has 0 radical (unpaired) electrons. The zero-order chi connectivity index (χ0) is 28.1. The molecule has 3 fully saturated rings. The molecular weight excluding hydrogens is 519 g/mol. The summed E-state index contributed by atoms with van der Waals surface area (Å²) in [6.45, 7) is 4.11. The number of alkyl halides is 3. The number of hydrogen-bond acceptors (Lipinski definition) is 5. The Labute approximate surface area is 231 Å². The number of hydrogen-bond donors (Lipinski definition) is 0. The molecule has 1 aliphatic carbocycles. The van der Waals surface area contributed by atoms with Gasteiger partial charge in [0.1, 0.15) is 5.82 Å². The molecular formula is C30H34F3N5O2. The van der Waals surface area contributed by atoms with Crippen LogP contribution in [0.1, 0.15) is 36.8 Å². The van der Waals surface area contributed by atoms with Gasteiger partial charge in [-0.05, 0) is 60.5 Å². The van der Waals surface area contributed by atoms with E-state index in [4.69, 9.17) is 0 Å². The van der Waals surface area contributed by atoms with E-state index < -0.39 is 17.2 Å². The van der Waals surface area contributed by atoms with Gasteiger partial charge < -0.3 is 14.4 Å². The summed E-state index contributed by atoms with van der Waals surface area (Å²) in [6, 6.07) is 11.7. The molecule has 1 unspecified atom stereocenters. The van der Waals surface area contributed by atoms with Crippen molar-refractivity contribution in [2.24, 2.45) is 18.4 Å². The topological polar surface area (TPSA) is 61.7 Å². The van der Waals surface area contributed by atoms with Crippen LogP contribution < -0.4 is 10.5 Å². The summed E-state index contributed by atoms with van der Waals surface area (Å²) in [5.41, 5.74) is 0.840. The predicted molar refractivity (Wildman–Crippen MR) is 147 cm³/mol. The van der Waals surface area contributed by atoms with E-state index in [1.54, 1.807) is 17.7 Å². The number of halogens is 3. The first-order chi connectivity index (χ1) is 19.1. The molecule has 10 heteroatoms. The number of pyridine rings is 2. The monoisotopic (exact) mass is 553 g/mol. The van der Waals surface area contributed by atoms with Crippen LogP contribution in [-0.4, -0.2) is 64.5 Å². The molecule has 4 heterocycles. The summed E-state index contributed by atoms with van der Waals surface area (Å²) in [4.78, 5) is 36.4. The lowest BCUT2D eigenvalue weighted by Gasteiger charge is -2.40. The third-order valence-corrected chi connectivity index (χ3v) is 8.83. The van der Waals surface area contributed by atoms with Gasteiger partial charge in [-0.25, -0.2) is 4.98 Å². The van der Waals surface area contributed by atoms with E-state index in [9.17, 15) is 22.8 Å². The van der Waals surface area contributed by atoms with Crippen LogP contribution >= 0.6 is 0 Å². The van der Waals surface area contributed by atoms with Crippen molar-refractivity contribution >= 4 is 22.6 Å². The molecule has 1 amide bonds. The third kappa shape index (κ3) is 5.33. The molecule has 40 heavy (non-hydrogen) atoms. The van der Waals surface area contributed by atoms with Crippen molar-refractivity contribution in [3.63, 3.8) is 0 Å². The molecule has 2 aliphatic heterocycles. The fourth-order valence-electron chi connectivity index (χ4n) is 6.41. The molecule has 0 spiro atoms. The molecule has 7 nitrogen and oxygen atoms in total. The van der Waals surface area contributed by atoms with E-state index in [1.807, 2.05) is 21.9 Å². The number of benzene rings is 1. The molecule has 3 aromatic rings. The van der Waals surface area contributed by atoms with E-state index in [-0.39, 0.29) is 11.5 Å². The zero-order valence-corrected chi connectivity index (χ0v) is 22.7. The molecule has 1 atom stereocenters. The highest BCUT2D eigenvalue weighted by Gasteiger charge is 2.49. The molecule has 0 bridgehead atoms. The highest BCUT2D eigenvalue weighted by atomic mass is 19.4. The first-order valence-electron chi connectivity index (χ1n) is 14.0. The maximum atomic E-state index is 14.0. The minimum absolute atomic E-state index is 0.0381. The fourth-order valence-corrected chi connectivity index (χ4v) is 6.41. The second kappa shape index (κ2) is 10.2. The first kappa shape index (κ1) is 26.8. The third-order valence-electron chi connectivity index (χ3n) is 8.83. The lowest BCUT2D eigenvalue weighted by molar-refractivity contribution is -0.142. The van der Waals surface area contributed by atoms with Crippen LogP contribution in [0.5, 0.6) is 0 Å². The van der Waals surface area contributed by atoms with Crippen molar-refractivity contribution in [3.05, 3.63) is 70.1 Å². The van der Waals surface area contributed by atoms with Crippen LogP contribution in [0.2, 0.25) is 0 Å². The van der Waals surface area contributed by atoms with Crippen LogP contribution in [0.3, 0.4) is 0 Å². The van der Waals surface area contributed by atoms with Crippen molar-refractivity contribution in [2.75, 3.05) is 44.2 Å². The Balaban J connectivity index is 1.14. The van der Waals surface area contributed by atoms with Gasteiger partial charge in [-0.15, -0.1) is 0 Å². The van der Waals surface area contributed by atoms with Crippen LogP contribution in [0.25, 0.3) is 10.9 Å². The number of anilines is 1. The molecule has 2 aromatic heterocycles. The Morgan fingerprint density at radius 3 is 2.50 bits per heavy atom. The van der Waals surface area contributed by atoms with Gasteiger partial charge in [0.05, 0.1) is 16.5 Å². The summed E-state index contributed by atoms with van der Waals surface area (Å²) in [7, 11) is 1.78. The Morgan fingerprint density at radius 2 is 1.77 bits per heavy atom. The number of rotatable bonds is 6. The van der Waals surface area contributed by atoms with E-state index >= 15 is 0 Å². The standard InChI is InChI=1S/C30H34F3N5O2/c1-35-25-16-22(4-5-23(25)6-7-27(35)39)19-36-11-9-29(20-36,18-21-2-3-21)28(40)38-14-12-37(13-15-38)26-17-24(8-10-34-26)30(31,32)33/h4-8,10,16-17,21H,2-3,9,11-15,18-20H2,1H3. The molecule has 3 aliphatic rings. The fraction of sp³-hybridized carbons (Fsp3) is 0.500. The molecule has 2 saturated heterocycles. The first-order valence-corrected chi connectivity index (χ1v) is 14.0. The highest BCUT2D eigenvalue weighted by Crippen LogP contribution is 2.46. The summed E-state index contributed by atoms with van der Waals surface area (Å²) >= 11 is 0. The van der Waals surface area contributed by atoms with E-state index in [2.05, 4.69) is 22.0 Å². The van der Waals surface area contributed by atoms with Gasteiger partial charge in [0, 0.05) is 58.6 Å². The quantitative estimate of drug-likeness (QED) is 0.456. The summed E-state index contributed by atoms with van der Waals surface area (Å²) in [5, 5.41) is 1.02. The van der Waals surface area contributed by atoms with Gasteiger partial charge in [-0.1, -0.05) is 25.0 Å². The molecule has 1 saturated carbocycles. The van der Waals surface area contributed by atoms with Gasteiger partial charge in [0.2, 0.25) is 5.91 Å². The van der Waals surface area contributed by atoms with Crippen molar-refractivity contribution in [1.82, 2.24) is 19.4 Å². The minimum atomic E-state index is -4.41. The second-order valence-electron chi connectivity index (χ2n) is 11.7. The Hall–Kier alpha value is -3.40. The van der Waals surface area contributed by atoms with Crippen molar-refractivity contribution in [3.8, 4) is 0 Å². The van der Waals surface area contributed by atoms with E-state index in [0.717, 1.165) is 48.0 Å². The van der Waals surface area contributed by atoms with Crippen LogP contribution in [0, 0.1) is 11.3 Å². The van der Waals surface area contributed by atoms with Gasteiger partial charge in [-0.3, -0.25) is 14.5 Å². The van der Waals surface area contributed by atoms with Gasteiger partial charge in [0.15, 0.2) is 0 Å². The zero-order valence-electron chi connectivity index (χ0n) is 22.7. The smallest absolute Gasteiger partial charge is 0.353 e. The van der Waals surface area contributed by atoms with Crippen molar-refractivity contribution in [1.29, 1.82) is 0 Å². The average molecular weight is 554 g/mol. The van der Waals surface area contributed by atoms with Crippen molar-refractivity contribution < 1.29 is 18.0 Å². The van der Waals surface area contributed by atoms with Crippen LogP contribution in [0.4, 0.5) is 19.0 Å². The SMILES string of the molecule is Cn1c(=O)ccc2ccc(CN3CCC(CC4CC4)(C(=O)N4CCN(c5cc(C(F)(F)F)ccn5)CC4)C3)cc21. The number of piperazine rings is 1. The highest BCUT2D eigenvalue weighted by molar-refractivity contribution is 5.84. The average Bonchev–Trinajstić information content (AvgIpc) is 3.67. The number of nitrogens with zero attached hydrogens (tertiary/aromatic N) is 5. The number of carbonyl (C=O) groups is 1. The number of amides is 1. The molecule has 212 valence electrons. The minimum Gasteiger partial charge on any atom is -0.353 e. The lowest BCUT2D eigenvalue weighted by atomic mass is 9.80. The predicted octanol–water partition coefficient (Wildman–Crippen LogP) is 4.29. The largest absolute Gasteiger partial charge is 0.416 e. The maximum absolute atomic E-state index is 14.0. The Bertz CT molecular complexity index is 1480. The second-order valence-corrected chi connectivity index (χ2v) is 11.7. The van der Waals surface area contributed by atoms with E-state index in [0.29, 0.717) is 51.0 Å². The van der Waals surface area contributed by atoms with Crippen molar-refractivity contribution in [2.45, 2.75) is 38.4 Å². The number of aryl methyl sites for hydroxylation is 1. The van der Waals surface area contributed by atoms with Crippen LogP contribution in [0.15, 0.2) is 53.5 Å². The number of fused-ring (bicyclic) bond motifs is 1. The normalized spacial score (nSPS) is 22.3. The summed E-state index contributed by atoms with van der Waals surface area (Å²) < 4.78 is 41.2.